The lowest BCUT2D eigenvalue weighted by Crippen LogP contribution is -2.14. The van der Waals surface area contributed by atoms with Crippen molar-refractivity contribution in [2.24, 2.45) is 5.14 Å². The Morgan fingerprint density at radius 2 is 1.93 bits per heavy atom. The van der Waals surface area contributed by atoms with Crippen LogP contribution in [0, 0.1) is 5.82 Å². The van der Waals surface area contributed by atoms with Crippen LogP contribution in [0.2, 0.25) is 0 Å². The lowest BCUT2D eigenvalue weighted by atomic mass is 10.3. The summed E-state index contributed by atoms with van der Waals surface area (Å²) >= 11 is 0. The zero-order valence-corrected chi connectivity index (χ0v) is 8.68. The van der Waals surface area contributed by atoms with E-state index in [2.05, 4.69) is 0 Å². The Kier molecular flexibility index (Phi) is 2.77. The Bertz CT molecular complexity index is 443. The topological polar surface area (TPSA) is 63.4 Å². The summed E-state index contributed by atoms with van der Waals surface area (Å²) in [6, 6.07) is 3.55. The van der Waals surface area contributed by atoms with Gasteiger partial charge in [-0.05, 0) is 18.2 Å². The van der Waals surface area contributed by atoms with Gasteiger partial charge in [-0.25, -0.2) is 17.9 Å². The molecule has 0 saturated heterocycles. The highest BCUT2D eigenvalue weighted by Gasteiger charge is 2.11. The number of benzene rings is 1. The molecule has 0 aliphatic carbocycles. The SMILES string of the molecule is CN(C)c1ccc(S(N)(=O)=O)cc1F. The largest absolute Gasteiger partial charge is 0.375 e. The molecule has 0 aliphatic heterocycles. The van der Waals surface area contributed by atoms with Gasteiger partial charge in [0.05, 0.1) is 10.6 Å². The lowest BCUT2D eigenvalue weighted by Gasteiger charge is -2.13. The number of nitrogens with two attached hydrogens (primary N) is 1. The Morgan fingerprint density at radius 3 is 2.29 bits per heavy atom. The van der Waals surface area contributed by atoms with Crippen LogP contribution >= 0.6 is 0 Å². The number of primary sulfonamides is 1. The fourth-order valence-electron chi connectivity index (χ4n) is 1.03. The van der Waals surface area contributed by atoms with Gasteiger partial charge in [-0.1, -0.05) is 0 Å². The molecule has 0 bridgehead atoms. The molecule has 4 nitrogen and oxygen atoms in total. The van der Waals surface area contributed by atoms with E-state index in [1.807, 2.05) is 0 Å². The Labute approximate surface area is 82.2 Å². The van der Waals surface area contributed by atoms with E-state index in [-0.39, 0.29) is 4.90 Å². The van der Waals surface area contributed by atoms with Crippen LogP contribution in [0.1, 0.15) is 0 Å². The molecular formula is C8H11FN2O2S. The summed E-state index contributed by atoms with van der Waals surface area (Å²) in [7, 11) is -0.503. The average molecular weight is 218 g/mol. The van der Waals surface area contributed by atoms with Crippen molar-refractivity contribution in [2.75, 3.05) is 19.0 Å². The minimum absolute atomic E-state index is 0.222. The van der Waals surface area contributed by atoms with Crippen molar-refractivity contribution in [2.45, 2.75) is 4.90 Å². The van der Waals surface area contributed by atoms with Crippen molar-refractivity contribution in [1.29, 1.82) is 0 Å². The highest BCUT2D eigenvalue weighted by molar-refractivity contribution is 7.89. The fourth-order valence-corrected chi connectivity index (χ4v) is 1.55. The maximum atomic E-state index is 13.3. The van der Waals surface area contributed by atoms with E-state index in [9.17, 15) is 12.8 Å². The molecule has 0 spiro atoms. The summed E-state index contributed by atoms with van der Waals surface area (Å²) in [5, 5.41) is 4.84. The van der Waals surface area contributed by atoms with E-state index in [0.29, 0.717) is 5.69 Å². The van der Waals surface area contributed by atoms with Crippen LogP contribution in [0.3, 0.4) is 0 Å². The number of nitrogens with zero attached hydrogens (tertiary/aromatic N) is 1. The number of anilines is 1. The molecule has 0 fully saturated rings. The fraction of sp³-hybridized carbons (Fsp3) is 0.250. The van der Waals surface area contributed by atoms with Gasteiger partial charge in [0.2, 0.25) is 10.0 Å². The van der Waals surface area contributed by atoms with E-state index in [1.165, 1.54) is 12.1 Å². The number of hydrogen-bond donors (Lipinski definition) is 1. The molecule has 0 saturated carbocycles. The second-order valence-electron chi connectivity index (χ2n) is 3.05. The summed E-state index contributed by atoms with van der Waals surface area (Å²) in [6.07, 6.45) is 0. The highest BCUT2D eigenvalue weighted by Crippen LogP contribution is 2.19. The molecule has 14 heavy (non-hydrogen) atoms. The van der Waals surface area contributed by atoms with Crippen molar-refractivity contribution >= 4 is 15.7 Å². The predicted molar refractivity (Wildman–Crippen MR) is 52.1 cm³/mol. The van der Waals surface area contributed by atoms with Crippen LogP contribution in [-0.4, -0.2) is 22.5 Å². The zero-order valence-electron chi connectivity index (χ0n) is 7.86. The van der Waals surface area contributed by atoms with Gasteiger partial charge in [0, 0.05) is 14.1 Å². The van der Waals surface area contributed by atoms with Gasteiger partial charge in [0.25, 0.3) is 0 Å². The third kappa shape index (κ3) is 2.21. The third-order valence-electron chi connectivity index (χ3n) is 1.73. The third-order valence-corrected chi connectivity index (χ3v) is 2.64. The second kappa shape index (κ2) is 3.55. The lowest BCUT2D eigenvalue weighted by molar-refractivity contribution is 0.592. The van der Waals surface area contributed by atoms with E-state index in [1.54, 1.807) is 19.0 Å². The Balaban J connectivity index is 3.27. The van der Waals surface area contributed by atoms with Crippen molar-refractivity contribution in [1.82, 2.24) is 0 Å². The predicted octanol–water partition coefficient (Wildman–Crippen LogP) is 0.539. The van der Waals surface area contributed by atoms with E-state index >= 15 is 0 Å². The maximum Gasteiger partial charge on any atom is 0.238 e. The van der Waals surface area contributed by atoms with Gasteiger partial charge in [-0.2, -0.15) is 0 Å². The molecule has 1 aromatic rings. The number of hydrogen-bond acceptors (Lipinski definition) is 3. The van der Waals surface area contributed by atoms with Gasteiger partial charge < -0.3 is 4.90 Å². The number of sulfonamides is 1. The summed E-state index contributed by atoms with van der Waals surface area (Å²) in [4.78, 5) is 1.32. The summed E-state index contributed by atoms with van der Waals surface area (Å²) in [5.41, 5.74) is 0.317. The minimum Gasteiger partial charge on any atom is -0.375 e. The Morgan fingerprint density at radius 1 is 1.36 bits per heavy atom. The maximum absolute atomic E-state index is 13.3. The van der Waals surface area contributed by atoms with E-state index in [0.717, 1.165) is 6.07 Å². The molecule has 0 heterocycles. The van der Waals surface area contributed by atoms with Gasteiger partial charge in [0.1, 0.15) is 5.82 Å². The van der Waals surface area contributed by atoms with Gasteiger partial charge >= 0.3 is 0 Å². The molecular weight excluding hydrogens is 207 g/mol. The normalized spacial score (nSPS) is 11.4. The first-order chi connectivity index (χ1) is 6.32. The second-order valence-corrected chi connectivity index (χ2v) is 4.61. The van der Waals surface area contributed by atoms with Gasteiger partial charge in [-0.15, -0.1) is 0 Å². The first-order valence-electron chi connectivity index (χ1n) is 3.82. The Hall–Kier alpha value is -1.14. The van der Waals surface area contributed by atoms with Crippen LogP contribution < -0.4 is 10.0 Å². The average Bonchev–Trinajstić information content (AvgIpc) is 2.01. The molecule has 0 atom stereocenters. The van der Waals surface area contributed by atoms with E-state index in [4.69, 9.17) is 5.14 Å². The van der Waals surface area contributed by atoms with Crippen molar-refractivity contribution in [3.63, 3.8) is 0 Å². The van der Waals surface area contributed by atoms with Crippen LogP contribution in [0.25, 0.3) is 0 Å². The molecule has 0 radical (unpaired) electrons. The smallest absolute Gasteiger partial charge is 0.238 e. The molecule has 2 N–H and O–H groups in total. The number of halogens is 1. The molecule has 78 valence electrons. The van der Waals surface area contributed by atoms with Gasteiger partial charge in [0.15, 0.2) is 0 Å². The summed E-state index contributed by atoms with van der Waals surface area (Å²) in [5.74, 6) is -0.610. The van der Waals surface area contributed by atoms with Crippen molar-refractivity contribution < 1.29 is 12.8 Å². The first-order valence-corrected chi connectivity index (χ1v) is 5.36. The molecule has 6 heteroatoms. The quantitative estimate of drug-likeness (QED) is 0.788. The van der Waals surface area contributed by atoms with Crippen LogP contribution in [0.4, 0.5) is 10.1 Å². The van der Waals surface area contributed by atoms with E-state index < -0.39 is 15.8 Å². The minimum atomic E-state index is -3.83. The molecule has 0 unspecified atom stereocenters. The number of rotatable bonds is 2. The molecule has 0 aliphatic rings. The molecule has 1 aromatic carbocycles. The highest BCUT2D eigenvalue weighted by atomic mass is 32.2. The van der Waals surface area contributed by atoms with Crippen molar-refractivity contribution in [3.05, 3.63) is 24.0 Å². The van der Waals surface area contributed by atoms with Gasteiger partial charge in [-0.3, -0.25) is 0 Å². The van der Waals surface area contributed by atoms with Crippen LogP contribution in [0.15, 0.2) is 23.1 Å². The zero-order chi connectivity index (χ0) is 10.9. The molecule has 1 rings (SSSR count). The van der Waals surface area contributed by atoms with Crippen LogP contribution in [-0.2, 0) is 10.0 Å². The first kappa shape index (κ1) is 10.9. The summed E-state index contributed by atoms with van der Waals surface area (Å²) in [6.45, 7) is 0. The summed E-state index contributed by atoms with van der Waals surface area (Å²) < 4.78 is 35.0. The standard InChI is InChI=1S/C8H11FN2O2S/c1-11(2)8-4-3-6(5-7(8)9)14(10,12)13/h3-5H,1-2H3,(H2,10,12,13). The monoisotopic (exact) mass is 218 g/mol. The molecule has 0 amide bonds. The van der Waals surface area contributed by atoms with Crippen LogP contribution in [0.5, 0.6) is 0 Å². The van der Waals surface area contributed by atoms with Crippen molar-refractivity contribution in [3.8, 4) is 0 Å². The molecule has 0 aromatic heterocycles.